The molecular formula is C11H16N2O3S3. The van der Waals surface area contributed by atoms with Crippen LogP contribution in [0.5, 0.6) is 0 Å². The fourth-order valence-corrected chi connectivity index (χ4v) is 5.57. The first-order chi connectivity index (χ1) is 8.82. The molecule has 1 aliphatic heterocycles. The molecule has 0 amide bonds. The van der Waals surface area contributed by atoms with Crippen molar-refractivity contribution in [2.75, 3.05) is 41.5 Å². The van der Waals surface area contributed by atoms with Gasteiger partial charge in [0.15, 0.2) is 15.6 Å². The summed E-state index contributed by atoms with van der Waals surface area (Å²) in [6.45, 7) is 2.97. The van der Waals surface area contributed by atoms with E-state index < -0.39 is 9.84 Å². The summed E-state index contributed by atoms with van der Waals surface area (Å²) < 4.78 is 23.9. The van der Waals surface area contributed by atoms with Gasteiger partial charge in [0.05, 0.1) is 10.6 Å². The summed E-state index contributed by atoms with van der Waals surface area (Å²) in [5.74, 6) is 1.72. The molecule has 1 aromatic heterocycles. The van der Waals surface area contributed by atoms with Crippen molar-refractivity contribution in [3.63, 3.8) is 0 Å². The van der Waals surface area contributed by atoms with E-state index in [0.717, 1.165) is 30.9 Å². The first-order valence-corrected chi connectivity index (χ1v) is 9.64. The third-order valence-corrected chi connectivity index (χ3v) is 6.46. The molecule has 0 bridgehead atoms. The normalized spacial score (nSPS) is 16.6. The monoisotopic (exact) mass is 320 g/mol. The standard InChI is InChI=1S/C11H16N2O3S3/c1-7(14)9-8(12)10(19(2,15)16)11(18-9)13-3-5-17-6-4-13/h3-6,12H2,1-2H3. The number of rotatable bonds is 3. The van der Waals surface area contributed by atoms with Gasteiger partial charge in [-0.2, -0.15) is 11.8 Å². The minimum absolute atomic E-state index is 0.105. The van der Waals surface area contributed by atoms with Gasteiger partial charge in [-0.3, -0.25) is 4.79 Å². The SMILES string of the molecule is CC(=O)c1sc(N2CCSCC2)c(S(C)(=O)=O)c1N. The topological polar surface area (TPSA) is 80.5 Å². The summed E-state index contributed by atoms with van der Waals surface area (Å²) in [5.41, 5.74) is 5.98. The number of hydrogen-bond donors (Lipinski definition) is 1. The number of nitrogen functional groups attached to an aromatic ring is 1. The fraction of sp³-hybridized carbons (Fsp3) is 0.545. The lowest BCUT2D eigenvalue weighted by molar-refractivity contribution is 0.102. The van der Waals surface area contributed by atoms with Gasteiger partial charge in [0.2, 0.25) is 0 Å². The number of hydrogen-bond acceptors (Lipinski definition) is 7. The lowest BCUT2D eigenvalue weighted by Gasteiger charge is -2.27. The van der Waals surface area contributed by atoms with Crippen molar-refractivity contribution in [3.05, 3.63) is 4.88 Å². The molecule has 2 rings (SSSR count). The molecule has 2 heterocycles. The molecule has 106 valence electrons. The van der Waals surface area contributed by atoms with Crippen LogP contribution >= 0.6 is 23.1 Å². The van der Waals surface area contributed by atoms with Crippen molar-refractivity contribution in [2.45, 2.75) is 11.8 Å². The highest BCUT2D eigenvalue weighted by atomic mass is 32.2. The van der Waals surface area contributed by atoms with Gasteiger partial charge in [0, 0.05) is 37.8 Å². The van der Waals surface area contributed by atoms with Crippen molar-refractivity contribution in [1.82, 2.24) is 0 Å². The molecule has 2 N–H and O–H groups in total. The summed E-state index contributed by atoms with van der Waals surface area (Å²) in [6.07, 6.45) is 1.14. The first-order valence-electron chi connectivity index (χ1n) is 5.78. The molecule has 19 heavy (non-hydrogen) atoms. The van der Waals surface area contributed by atoms with Crippen LogP contribution in [0.3, 0.4) is 0 Å². The second kappa shape index (κ2) is 5.34. The Morgan fingerprint density at radius 1 is 1.32 bits per heavy atom. The maximum atomic E-state index is 11.9. The highest BCUT2D eigenvalue weighted by molar-refractivity contribution is 7.99. The summed E-state index contributed by atoms with van der Waals surface area (Å²) in [5, 5.41) is 0.616. The molecule has 1 aliphatic rings. The van der Waals surface area contributed by atoms with Crippen molar-refractivity contribution < 1.29 is 13.2 Å². The summed E-state index contributed by atoms with van der Waals surface area (Å²) >= 11 is 3.03. The minimum Gasteiger partial charge on any atom is -0.396 e. The van der Waals surface area contributed by atoms with Crippen LogP contribution in [0.25, 0.3) is 0 Å². The predicted molar refractivity (Wildman–Crippen MR) is 81.4 cm³/mol. The Bertz CT molecular complexity index is 601. The Hall–Kier alpha value is -0.730. The number of thioether (sulfide) groups is 1. The fourth-order valence-electron chi connectivity index (χ4n) is 2.01. The Morgan fingerprint density at radius 3 is 2.37 bits per heavy atom. The van der Waals surface area contributed by atoms with E-state index in [0.29, 0.717) is 9.88 Å². The molecule has 0 aliphatic carbocycles. The van der Waals surface area contributed by atoms with Crippen molar-refractivity contribution >= 4 is 49.4 Å². The third kappa shape index (κ3) is 2.90. The maximum Gasteiger partial charge on any atom is 0.180 e. The number of carbonyl (C=O) groups excluding carboxylic acids is 1. The van der Waals surface area contributed by atoms with Crippen LogP contribution in [-0.4, -0.2) is 45.1 Å². The van der Waals surface area contributed by atoms with Gasteiger partial charge in [0.1, 0.15) is 9.90 Å². The second-order valence-electron chi connectivity index (χ2n) is 4.41. The van der Waals surface area contributed by atoms with E-state index in [1.807, 2.05) is 16.7 Å². The van der Waals surface area contributed by atoms with E-state index in [4.69, 9.17) is 5.73 Å². The molecule has 0 atom stereocenters. The van der Waals surface area contributed by atoms with Crippen LogP contribution < -0.4 is 10.6 Å². The summed E-state index contributed by atoms with van der Waals surface area (Å²) in [4.78, 5) is 14.0. The molecule has 1 fully saturated rings. The molecule has 8 heteroatoms. The second-order valence-corrected chi connectivity index (χ2v) is 8.58. The smallest absolute Gasteiger partial charge is 0.180 e. The molecule has 1 saturated heterocycles. The van der Waals surface area contributed by atoms with E-state index in [1.54, 1.807) is 0 Å². The molecular weight excluding hydrogens is 304 g/mol. The number of carbonyl (C=O) groups is 1. The number of Topliss-reactive ketones (excluding diaryl/α,β-unsaturated/α-hetero) is 1. The molecule has 5 nitrogen and oxygen atoms in total. The molecule has 0 unspecified atom stereocenters. The van der Waals surface area contributed by atoms with E-state index in [2.05, 4.69) is 0 Å². The van der Waals surface area contributed by atoms with Crippen LogP contribution in [0.1, 0.15) is 16.6 Å². The van der Waals surface area contributed by atoms with Crippen LogP contribution in [0, 0.1) is 0 Å². The highest BCUT2D eigenvalue weighted by Crippen LogP contribution is 2.42. The number of sulfone groups is 1. The zero-order valence-corrected chi connectivity index (χ0v) is 13.3. The molecule has 0 radical (unpaired) electrons. The Morgan fingerprint density at radius 2 is 1.89 bits per heavy atom. The highest BCUT2D eigenvalue weighted by Gasteiger charge is 2.29. The van der Waals surface area contributed by atoms with Gasteiger partial charge in [-0.1, -0.05) is 0 Å². The van der Waals surface area contributed by atoms with Crippen LogP contribution in [0.2, 0.25) is 0 Å². The van der Waals surface area contributed by atoms with E-state index in [1.165, 1.54) is 18.3 Å². The number of anilines is 2. The number of thiophene rings is 1. The van der Waals surface area contributed by atoms with Gasteiger partial charge in [-0.05, 0) is 0 Å². The van der Waals surface area contributed by atoms with Crippen molar-refractivity contribution in [2.24, 2.45) is 0 Å². The van der Waals surface area contributed by atoms with Crippen LogP contribution in [-0.2, 0) is 9.84 Å². The summed E-state index contributed by atoms with van der Waals surface area (Å²) in [6, 6.07) is 0. The van der Waals surface area contributed by atoms with Gasteiger partial charge in [-0.25, -0.2) is 8.42 Å². The van der Waals surface area contributed by atoms with E-state index in [-0.39, 0.29) is 16.4 Å². The van der Waals surface area contributed by atoms with Gasteiger partial charge in [-0.15, -0.1) is 11.3 Å². The third-order valence-electron chi connectivity index (χ3n) is 2.87. The van der Waals surface area contributed by atoms with E-state index >= 15 is 0 Å². The van der Waals surface area contributed by atoms with Crippen LogP contribution in [0.4, 0.5) is 10.7 Å². The van der Waals surface area contributed by atoms with Gasteiger partial charge in [0.25, 0.3) is 0 Å². The Labute approximate surface area is 121 Å². The van der Waals surface area contributed by atoms with Crippen LogP contribution in [0.15, 0.2) is 4.90 Å². The Balaban J connectivity index is 2.58. The Kier molecular flexibility index (Phi) is 4.12. The van der Waals surface area contributed by atoms with Crippen molar-refractivity contribution in [3.8, 4) is 0 Å². The predicted octanol–water partition coefficient (Wildman–Crippen LogP) is 1.49. The molecule has 0 saturated carbocycles. The summed E-state index contributed by atoms with van der Waals surface area (Å²) in [7, 11) is -3.44. The van der Waals surface area contributed by atoms with E-state index in [9.17, 15) is 13.2 Å². The molecule has 0 aromatic carbocycles. The minimum atomic E-state index is -3.44. The average molecular weight is 320 g/mol. The van der Waals surface area contributed by atoms with Crippen molar-refractivity contribution in [1.29, 1.82) is 0 Å². The van der Waals surface area contributed by atoms with Gasteiger partial charge < -0.3 is 10.6 Å². The quantitative estimate of drug-likeness (QED) is 0.850. The largest absolute Gasteiger partial charge is 0.396 e. The lowest BCUT2D eigenvalue weighted by atomic mass is 10.3. The zero-order valence-electron chi connectivity index (χ0n) is 10.8. The molecule has 0 spiro atoms. The number of ketones is 1. The zero-order chi connectivity index (χ0) is 14.2. The first kappa shape index (κ1) is 14.7. The number of nitrogens with zero attached hydrogens (tertiary/aromatic N) is 1. The molecule has 1 aromatic rings. The maximum absolute atomic E-state index is 11.9. The van der Waals surface area contributed by atoms with Gasteiger partial charge >= 0.3 is 0 Å². The average Bonchev–Trinajstić information content (AvgIpc) is 2.68. The number of nitrogens with two attached hydrogens (primary N) is 1. The lowest BCUT2D eigenvalue weighted by Crippen LogP contribution is -2.32.